The van der Waals surface area contributed by atoms with Gasteiger partial charge in [0.15, 0.2) is 11.5 Å². The zero-order chi connectivity index (χ0) is 51.4. The summed E-state index contributed by atoms with van der Waals surface area (Å²) >= 11 is 0. The first-order valence-corrected chi connectivity index (χ1v) is 24.2. The maximum absolute atomic E-state index is 13.9. The number of imidazole rings is 2. The summed E-state index contributed by atoms with van der Waals surface area (Å²) in [4.78, 5) is 88.1. The van der Waals surface area contributed by atoms with Crippen molar-refractivity contribution in [2.75, 3.05) is 63.6 Å². The third-order valence-corrected chi connectivity index (χ3v) is 12.7. The van der Waals surface area contributed by atoms with Crippen LogP contribution >= 0.6 is 0 Å². The van der Waals surface area contributed by atoms with E-state index < -0.39 is 29.2 Å². The average Bonchev–Trinajstić information content (AvgIpc) is 4.11. The van der Waals surface area contributed by atoms with E-state index in [0.717, 1.165) is 6.42 Å². The van der Waals surface area contributed by atoms with Crippen molar-refractivity contribution in [2.45, 2.75) is 92.1 Å². The van der Waals surface area contributed by atoms with E-state index >= 15 is 0 Å². The van der Waals surface area contributed by atoms with Crippen LogP contribution in [0.15, 0.2) is 47.0 Å². The number of likely N-dealkylation sites (N-methyl/N-ethyl adjacent to an activating group) is 1. The van der Waals surface area contributed by atoms with Gasteiger partial charge in [0.25, 0.3) is 11.8 Å². The number of oxazole rings is 1. The number of carbonyl (C=O) groups is 5. The van der Waals surface area contributed by atoms with Gasteiger partial charge in [0.2, 0.25) is 35.4 Å². The van der Waals surface area contributed by atoms with Gasteiger partial charge < -0.3 is 40.1 Å². The Morgan fingerprint density at radius 3 is 2.28 bits per heavy atom. The molecule has 2 fully saturated rings. The molecule has 8 rings (SSSR count). The molecule has 7 heterocycles. The summed E-state index contributed by atoms with van der Waals surface area (Å²) in [6.45, 7) is 16.1. The molecule has 0 radical (unpaired) electrons. The number of nitrogens with two attached hydrogens (primary N) is 2. The van der Waals surface area contributed by atoms with Gasteiger partial charge in [-0.3, -0.25) is 48.8 Å². The number of hydrogen-bond acceptors (Lipinski definition) is 15. The van der Waals surface area contributed by atoms with Crippen LogP contribution in [-0.2, 0) is 35.6 Å². The van der Waals surface area contributed by atoms with Crippen LogP contribution in [0.3, 0.4) is 0 Å². The van der Waals surface area contributed by atoms with Gasteiger partial charge >= 0.3 is 0 Å². The number of hydrogen-bond donors (Lipinski definition) is 5. The van der Waals surface area contributed by atoms with E-state index in [4.69, 9.17) is 30.3 Å². The number of primary amides is 2. The molecule has 6 aromatic rings. The lowest BCUT2D eigenvalue weighted by Crippen LogP contribution is -2.71. The summed E-state index contributed by atoms with van der Waals surface area (Å²) in [5.74, 6) is -0.913. The summed E-state index contributed by atoms with van der Waals surface area (Å²) in [5, 5.41) is 13.4. The minimum atomic E-state index is -0.691. The van der Waals surface area contributed by atoms with Crippen molar-refractivity contribution in [3.8, 4) is 5.75 Å². The lowest BCUT2D eigenvalue weighted by molar-refractivity contribution is -0.190. The number of amides is 5. The number of anilines is 2. The Balaban J connectivity index is 1.04. The number of carbonyl (C=O) groups excluding carboxylic acids is 5. The molecule has 0 bridgehead atoms. The number of benzene rings is 1. The van der Waals surface area contributed by atoms with Crippen LogP contribution in [0, 0.1) is 19.8 Å². The van der Waals surface area contributed by atoms with Gasteiger partial charge in [-0.05, 0) is 70.3 Å². The molecule has 2 saturated heterocycles. The van der Waals surface area contributed by atoms with Crippen LogP contribution in [0.25, 0.3) is 22.2 Å². The first kappa shape index (κ1) is 50.9. The zero-order valence-electron chi connectivity index (χ0n) is 41.8. The van der Waals surface area contributed by atoms with E-state index in [-0.39, 0.29) is 60.4 Å². The second kappa shape index (κ2) is 21.5. The molecule has 0 saturated carbocycles. The van der Waals surface area contributed by atoms with Crippen molar-refractivity contribution >= 4 is 63.6 Å². The lowest BCUT2D eigenvalue weighted by Gasteiger charge is -2.54. The molecule has 72 heavy (non-hydrogen) atoms. The van der Waals surface area contributed by atoms with Crippen molar-refractivity contribution in [1.29, 1.82) is 0 Å². The Labute approximate surface area is 415 Å². The Kier molecular flexibility index (Phi) is 15.2. The monoisotopic (exact) mass is 989 g/mol. The number of pyridine rings is 1. The number of aromatic nitrogens is 8. The van der Waals surface area contributed by atoms with Gasteiger partial charge in [-0.25, -0.2) is 19.9 Å². The van der Waals surface area contributed by atoms with Gasteiger partial charge in [0, 0.05) is 64.5 Å². The number of nitrogens with zero attached hydrogens (tertiary/aromatic N) is 10. The Bertz CT molecular complexity index is 3050. The van der Waals surface area contributed by atoms with Gasteiger partial charge in [-0.2, -0.15) is 5.10 Å². The van der Waals surface area contributed by atoms with Gasteiger partial charge in [-0.1, -0.05) is 32.9 Å². The highest BCUT2D eigenvalue weighted by Crippen LogP contribution is 2.33. The molecule has 1 spiro atoms. The molecular formula is C49H63N15O8. The predicted octanol–water partition coefficient (Wildman–Crippen LogP) is 3.44. The summed E-state index contributed by atoms with van der Waals surface area (Å²) in [6.07, 6.45) is 6.82. The van der Waals surface area contributed by atoms with E-state index in [1.54, 1.807) is 45.9 Å². The molecular weight excluding hydrogens is 927 g/mol. The highest BCUT2D eigenvalue weighted by molar-refractivity contribution is 6.05. The Morgan fingerprint density at radius 2 is 1.58 bits per heavy atom. The van der Waals surface area contributed by atoms with Crippen LogP contribution in [0.1, 0.15) is 99.6 Å². The molecule has 1 atom stereocenters. The van der Waals surface area contributed by atoms with Crippen LogP contribution < -0.4 is 32.2 Å². The normalized spacial score (nSPS) is 15.2. The first-order chi connectivity index (χ1) is 34.5. The van der Waals surface area contributed by atoms with Crippen molar-refractivity contribution < 1.29 is 37.9 Å². The highest BCUT2D eigenvalue weighted by Gasteiger charge is 2.48. The topological polar surface area (TPSA) is 291 Å². The van der Waals surface area contributed by atoms with Gasteiger partial charge in [-0.15, -0.1) is 0 Å². The maximum atomic E-state index is 13.9. The molecule has 5 aromatic heterocycles. The average molecular weight is 990 g/mol. The fourth-order valence-electron chi connectivity index (χ4n) is 9.37. The SMILES string of the molecule is CCc1nc(C)oc1C(=O)Nc1nc2cc(C(N)=O)cc(OCCCN3CC4(C3)CN(C(=O)[C@H](CC(C)C)NC)CCO4)c2n1C/C=C/Cn1c(NC(=O)c2cc(C)nn2CC)nc2cc(C(N)=O)cnc21. The van der Waals surface area contributed by atoms with Crippen molar-refractivity contribution in [3.63, 3.8) is 0 Å². The lowest BCUT2D eigenvalue weighted by atomic mass is 9.91. The second-order valence-corrected chi connectivity index (χ2v) is 18.6. The number of fused-ring (bicyclic) bond motifs is 2. The maximum Gasteiger partial charge on any atom is 0.295 e. The molecule has 2 aliphatic heterocycles. The molecule has 23 nitrogen and oxygen atoms in total. The van der Waals surface area contributed by atoms with Crippen molar-refractivity contribution in [3.05, 3.63) is 82.5 Å². The first-order valence-electron chi connectivity index (χ1n) is 24.2. The molecule has 382 valence electrons. The Hall–Kier alpha value is -7.50. The summed E-state index contributed by atoms with van der Waals surface area (Å²) < 4.78 is 23.4. The third-order valence-electron chi connectivity index (χ3n) is 12.7. The number of ether oxygens (including phenoxy) is 2. The number of allylic oxidation sites excluding steroid dienone is 2. The zero-order valence-corrected chi connectivity index (χ0v) is 41.8. The molecule has 7 N–H and O–H groups in total. The van der Waals surface area contributed by atoms with Gasteiger partial charge in [0.05, 0.1) is 48.3 Å². The van der Waals surface area contributed by atoms with Crippen LogP contribution in [0.5, 0.6) is 5.75 Å². The molecule has 1 aromatic carbocycles. The summed E-state index contributed by atoms with van der Waals surface area (Å²) in [7, 11) is 1.83. The van der Waals surface area contributed by atoms with E-state index in [2.05, 4.69) is 54.7 Å². The number of likely N-dealkylation sites (tertiary alicyclic amines) is 1. The number of morpholine rings is 1. The number of aryl methyl sites for hydroxylation is 4. The van der Waals surface area contributed by atoms with Crippen LogP contribution in [0.2, 0.25) is 0 Å². The fraction of sp³-hybridized carbons (Fsp3) is 0.469. The van der Waals surface area contributed by atoms with Crippen molar-refractivity contribution in [2.24, 2.45) is 17.4 Å². The minimum absolute atomic E-state index is 0.0446. The quantitative estimate of drug-likeness (QED) is 0.0510. The van der Waals surface area contributed by atoms with Crippen LogP contribution in [0.4, 0.5) is 11.9 Å². The van der Waals surface area contributed by atoms with E-state index in [1.165, 1.54) is 12.3 Å². The fourth-order valence-corrected chi connectivity index (χ4v) is 9.37. The smallest absolute Gasteiger partial charge is 0.295 e. The largest absolute Gasteiger partial charge is 0.491 e. The van der Waals surface area contributed by atoms with E-state index in [9.17, 15) is 24.0 Å². The molecule has 23 heteroatoms. The van der Waals surface area contributed by atoms with Gasteiger partial charge in [0.1, 0.15) is 28.1 Å². The summed E-state index contributed by atoms with van der Waals surface area (Å²) in [6, 6.07) is 6.06. The standard InChI is InChI=1S/C49H63N15O8/c1-8-33-40(72-30(6)54-33)45(68)58-47-55-34-21-31(41(50)65)23-38(70-17-12-13-60-25-49(26-60)27-61(16-18-71-49)46(69)36(52-7)19-28(3)4)39(34)62(47)14-10-11-15-63-43-35(22-32(24-53-43)42(51)66)56-48(63)57-44(67)37-20-29(5)59-64(37)9-2/h10-11,20-24,28,36,52H,8-9,12-19,25-27H2,1-7H3,(H2,50,65)(H2,51,66)(H,55,58,68)(H,56,57,67)/b11-10+/t36-/m0/s1. The number of nitrogens with one attached hydrogen (secondary N) is 3. The molecule has 2 aliphatic rings. The number of rotatable bonds is 21. The molecule has 0 unspecified atom stereocenters. The molecule has 5 amide bonds. The molecule has 0 aliphatic carbocycles. The van der Waals surface area contributed by atoms with Crippen LogP contribution in [-0.4, -0.2) is 143 Å². The van der Waals surface area contributed by atoms with E-state index in [0.29, 0.717) is 116 Å². The third kappa shape index (κ3) is 10.9. The minimum Gasteiger partial charge on any atom is -0.491 e. The van der Waals surface area contributed by atoms with Crippen molar-refractivity contribution in [1.82, 2.24) is 54.0 Å². The summed E-state index contributed by atoms with van der Waals surface area (Å²) in [5.41, 5.74) is 14.3. The second-order valence-electron chi connectivity index (χ2n) is 18.6. The van der Waals surface area contributed by atoms with E-state index in [1.807, 2.05) is 37.9 Å². The highest BCUT2D eigenvalue weighted by atomic mass is 16.5. The predicted molar refractivity (Wildman–Crippen MR) is 267 cm³/mol. The Morgan fingerprint density at radius 1 is 0.889 bits per heavy atom.